The zero-order valence-corrected chi connectivity index (χ0v) is 14.1. The highest BCUT2D eigenvalue weighted by Gasteiger charge is 2.28. The van der Waals surface area contributed by atoms with E-state index < -0.39 is 6.09 Å². The summed E-state index contributed by atoms with van der Waals surface area (Å²) in [5.41, 5.74) is 6.29. The number of carbonyl (C=O) groups is 1. The van der Waals surface area contributed by atoms with Crippen LogP contribution in [0.4, 0.5) is 4.79 Å². The van der Waals surface area contributed by atoms with Gasteiger partial charge in [-0.1, -0.05) is 60.7 Å². The van der Waals surface area contributed by atoms with Gasteiger partial charge in [-0.05, 0) is 23.6 Å². The SMILES string of the molecule is COC(=O)NC(Cc1ccccc1)C1C=C(Cc2ccccc2)NO1. The third-order valence-corrected chi connectivity index (χ3v) is 4.11. The lowest BCUT2D eigenvalue weighted by atomic mass is 10.00. The standard InChI is InChI=1S/C20H22N2O3/c1-24-20(23)21-18(13-16-10-6-3-7-11-16)19-14-17(22-25-19)12-15-8-4-2-5-9-15/h2-11,14,18-19,22H,12-13H2,1H3,(H,21,23). The summed E-state index contributed by atoms with van der Waals surface area (Å²) in [6.07, 6.45) is 2.70. The maximum absolute atomic E-state index is 11.7. The number of methoxy groups -OCH3 is 1. The van der Waals surface area contributed by atoms with Crippen LogP contribution in [0.15, 0.2) is 72.4 Å². The predicted molar refractivity (Wildman–Crippen MR) is 95.7 cm³/mol. The Morgan fingerprint density at radius 3 is 2.40 bits per heavy atom. The lowest BCUT2D eigenvalue weighted by Crippen LogP contribution is -2.44. The van der Waals surface area contributed by atoms with Crippen molar-refractivity contribution in [1.82, 2.24) is 10.8 Å². The molecule has 0 saturated carbocycles. The molecule has 0 aliphatic carbocycles. The van der Waals surface area contributed by atoms with Crippen molar-refractivity contribution < 1.29 is 14.4 Å². The Kier molecular flexibility index (Phi) is 5.69. The van der Waals surface area contributed by atoms with Crippen molar-refractivity contribution in [2.24, 2.45) is 0 Å². The molecule has 0 aromatic heterocycles. The molecule has 2 aromatic carbocycles. The van der Waals surface area contributed by atoms with E-state index in [1.165, 1.54) is 12.7 Å². The maximum Gasteiger partial charge on any atom is 0.407 e. The Morgan fingerprint density at radius 2 is 1.76 bits per heavy atom. The predicted octanol–water partition coefficient (Wildman–Crippen LogP) is 2.98. The number of allylic oxidation sites excluding steroid dienone is 1. The van der Waals surface area contributed by atoms with Gasteiger partial charge in [-0.3, -0.25) is 10.3 Å². The normalized spacial score (nSPS) is 17.3. The second kappa shape index (κ2) is 8.35. The van der Waals surface area contributed by atoms with E-state index in [2.05, 4.69) is 22.9 Å². The highest BCUT2D eigenvalue weighted by molar-refractivity contribution is 5.67. The highest BCUT2D eigenvalue weighted by atomic mass is 16.7. The average molecular weight is 338 g/mol. The molecule has 0 bridgehead atoms. The Labute approximate surface area is 147 Å². The first kappa shape index (κ1) is 17.0. The number of amides is 1. The summed E-state index contributed by atoms with van der Waals surface area (Å²) in [7, 11) is 1.36. The molecule has 2 aromatic rings. The van der Waals surface area contributed by atoms with Gasteiger partial charge in [0.25, 0.3) is 0 Å². The van der Waals surface area contributed by atoms with E-state index in [1.807, 2.05) is 54.6 Å². The third kappa shape index (κ3) is 4.84. The second-order valence-electron chi connectivity index (χ2n) is 5.97. The quantitative estimate of drug-likeness (QED) is 0.850. The second-order valence-corrected chi connectivity index (χ2v) is 5.97. The van der Waals surface area contributed by atoms with Gasteiger partial charge in [0, 0.05) is 12.1 Å². The van der Waals surface area contributed by atoms with E-state index in [0.29, 0.717) is 6.42 Å². The first-order valence-electron chi connectivity index (χ1n) is 8.29. The summed E-state index contributed by atoms with van der Waals surface area (Å²) in [5.74, 6) is 0. The molecule has 5 nitrogen and oxygen atoms in total. The molecule has 130 valence electrons. The molecule has 1 aliphatic heterocycles. The van der Waals surface area contributed by atoms with E-state index in [1.54, 1.807) is 0 Å². The topological polar surface area (TPSA) is 59.6 Å². The molecule has 25 heavy (non-hydrogen) atoms. The Hall–Kier alpha value is -2.79. The summed E-state index contributed by atoms with van der Waals surface area (Å²) in [6.45, 7) is 0. The van der Waals surface area contributed by atoms with E-state index in [4.69, 9.17) is 9.57 Å². The molecule has 0 fully saturated rings. The molecule has 0 saturated heterocycles. The van der Waals surface area contributed by atoms with Gasteiger partial charge in [0.2, 0.25) is 0 Å². The zero-order chi connectivity index (χ0) is 17.5. The summed E-state index contributed by atoms with van der Waals surface area (Å²) < 4.78 is 4.75. The van der Waals surface area contributed by atoms with Crippen LogP contribution in [-0.2, 0) is 22.4 Å². The lowest BCUT2D eigenvalue weighted by Gasteiger charge is -2.22. The minimum Gasteiger partial charge on any atom is -0.453 e. The smallest absolute Gasteiger partial charge is 0.407 e. The van der Waals surface area contributed by atoms with E-state index in [-0.39, 0.29) is 12.1 Å². The van der Waals surface area contributed by atoms with Crippen LogP contribution in [0.3, 0.4) is 0 Å². The van der Waals surface area contributed by atoms with Crippen molar-refractivity contribution in [2.45, 2.75) is 25.0 Å². The number of hydroxylamine groups is 1. The molecule has 2 atom stereocenters. The first-order valence-corrected chi connectivity index (χ1v) is 8.29. The molecule has 5 heteroatoms. The van der Waals surface area contributed by atoms with Crippen molar-refractivity contribution in [3.63, 3.8) is 0 Å². The number of carbonyl (C=O) groups excluding carboxylic acids is 1. The molecule has 0 radical (unpaired) electrons. The molecule has 0 spiro atoms. The van der Waals surface area contributed by atoms with Crippen molar-refractivity contribution in [3.8, 4) is 0 Å². The first-order chi connectivity index (χ1) is 12.2. The van der Waals surface area contributed by atoms with Crippen molar-refractivity contribution in [2.75, 3.05) is 7.11 Å². The zero-order valence-electron chi connectivity index (χ0n) is 14.1. The van der Waals surface area contributed by atoms with Crippen LogP contribution < -0.4 is 10.8 Å². The van der Waals surface area contributed by atoms with Crippen molar-refractivity contribution >= 4 is 6.09 Å². The molecule has 1 amide bonds. The molecular formula is C20H22N2O3. The maximum atomic E-state index is 11.7. The van der Waals surface area contributed by atoms with Crippen molar-refractivity contribution in [1.29, 1.82) is 0 Å². The molecule has 2 N–H and O–H groups in total. The van der Waals surface area contributed by atoms with Gasteiger partial charge in [0.1, 0.15) is 6.10 Å². The highest BCUT2D eigenvalue weighted by Crippen LogP contribution is 2.18. The number of benzene rings is 2. The summed E-state index contributed by atoms with van der Waals surface area (Å²) in [5, 5.41) is 2.87. The molecular weight excluding hydrogens is 316 g/mol. The Morgan fingerprint density at radius 1 is 1.12 bits per heavy atom. The number of hydrogen-bond acceptors (Lipinski definition) is 4. The average Bonchev–Trinajstić information content (AvgIpc) is 3.11. The minimum atomic E-state index is -0.463. The number of hydrogen-bond donors (Lipinski definition) is 2. The van der Waals surface area contributed by atoms with Crippen LogP contribution in [0, 0.1) is 0 Å². The molecule has 1 aliphatic rings. The summed E-state index contributed by atoms with van der Waals surface area (Å²) in [6, 6.07) is 19.9. The summed E-state index contributed by atoms with van der Waals surface area (Å²) in [4.78, 5) is 17.4. The van der Waals surface area contributed by atoms with E-state index in [0.717, 1.165) is 17.7 Å². The fourth-order valence-corrected chi connectivity index (χ4v) is 2.85. The number of alkyl carbamates (subject to hydrolysis) is 1. The van der Waals surface area contributed by atoms with Gasteiger partial charge in [-0.2, -0.15) is 0 Å². The third-order valence-electron chi connectivity index (χ3n) is 4.11. The van der Waals surface area contributed by atoms with Crippen LogP contribution >= 0.6 is 0 Å². The fraction of sp³-hybridized carbons (Fsp3) is 0.250. The lowest BCUT2D eigenvalue weighted by molar-refractivity contribution is 0.0202. The van der Waals surface area contributed by atoms with Gasteiger partial charge in [0.05, 0.1) is 13.2 Å². The largest absolute Gasteiger partial charge is 0.453 e. The van der Waals surface area contributed by atoms with Gasteiger partial charge < -0.3 is 10.1 Å². The molecule has 2 unspecified atom stereocenters. The number of rotatable bonds is 6. The van der Waals surface area contributed by atoms with Crippen LogP contribution in [0.25, 0.3) is 0 Å². The van der Waals surface area contributed by atoms with Gasteiger partial charge in [-0.15, -0.1) is 0 Å². The van der Waals surface area contributed by atoms with E-state index >= 15 is 0 Å². The molecule has 3 rings (SSSR count). The van der Waals surface area contributed by atoms with Crippen LogP contribution in [0.5, 0.6) is 0 Å². The van der Waals surface area contributed by atoms with E-state index in [9.17, 15) is 4.79 Å². The minimum absolute atomic E-state index is 0.226. The van der Waals surface area contributed by atoms with Gasteiger partial charge >= 0.3 is 6.09 Å². The van der Waals surface area contributed by atoms with Crippen molar-refractivity contribution in [3.05, 3.63) is 83.6 Å². The monoisotopic (exact) mass is 338 g/mol. The number of ether oxygens (including phenoxy) is 1. The Bertz CT molecular complexity index is 716. The van der Waals surface area contributed by atoms with Crippen LogP contribution in [0.1, 0.15) is 11.1 Å². The van der Waals surface area contributed by atoms with Gasteiger partial charge in [0.15, 0.2) is 0 Å². The van der Waals surface area contributed by atoms with Crippen LogP contribution in [-0.4, -0.2) is 25.3 Å². The molecule has 1 heterocycles. The number of nitrogens with one attached hydrogen (secondary N) is 2. The Balaban J connectivity index is 1.70. The van der Waals surface area contributed by atoms with Gasteiger partial charge in [-0.25, -0.2) is 4.79 Å². The van der Waals surface area contributed by atoms with Crippen LogP contribution in [0.2, 0.25) is 0 Å². The summed E-state index contributed by atoms with van der Waals surface area (Å²) >= 11 is 0. The fourth-order valence-electron chi connectivity index (χ4n) is 2.85.